The van der Waals surface area contributed by atoms with E-state index in [0.717, 1.165) is 12.8 Å². The van der Waals surface area contributed by atoms with Gasteiger partial charge in [-0.15, -0.1) is 0 Å². The number of benzene rings is 1. The molecule has 1 amide bonds. The van der Waals surface area contributed by atoms with Crippen molar-refractivity contribution in [2.75, 3.05) is 12.8 Å². The van der Waals surface area contributed by atoms with Gasteiger partial charge in [-0.05, 0) is 24.1 Å². The van der Waals surface area contributed by atoms with Crippen molar-refractivity contribution in [3.63, 3.8) is 0 Å². The quantitative estimate of drug-likeness (QED) is 0.800. The summed E-state index contributed by atoms with van der Waals surface area (Å²) in [5, 5.41) is 2.81. The van der Waals surface area contributed by atoms with Crippen molar-refractivity contribution >= 4 is 15.7 Å². The molecular formula is C13H19NO3S. The molecule has 1 aromatic rings. The molecule has 1 N–H and O–H groups in total. The molecule has 1 aromatic carbocycles. The van der Waals surface area contributed by atoms with Crippen LogP contribution in [0, 0.1) is 0 Å². The maximum Gasteiger partial charge on any atom is 0.251 e. The van der Waals surface area contributed by atoms with Gasteiger partial charge in [-0.1, -0.05) is 25.5 Å². The van der Waals surface area contributed by atoms with Crippen LogP contribution in [0.15, 0.2) is 24.3 Å². The highest BCUT2D eigenvalue weighted by atomic mass is 32.2. The van der Waals surface area contributed by atoms with Gasteiger partial charge in [-0.25, -0.2) is 8.42 Å². The van der Waals surface area contributed by atoms with E-state index >= 15 is 0 Å². The van der Waals surface area contributed by atoms with Crippen LogP contribution in [-0.2, 0) is 15.6 Å². The fourth-order valence-corrected chi connectivity index (χ4v) is 2.33. The van der Waals surface area contributed by atoms with Crippen molar-refractivity contribution in [3.8, 4) is 0 Å². The molecule has 100 valence electrons. The molecule has 0 bridgehead atoms. The molecule has 5 heteroatoms. The summed E-state index contributed by atoms with van der Waals surface area (Å²) in [6, 6.07) is 6.66. The lowest BCUT2D eigenvalue weighted by molar-refractivity contribution is 0.0953. The van der Waals surface area contributed by atoms with Crippen LogP contribution < -0.4 is 5.32 Å². The summed E-state index contributed by atoms with van der Waals surface area (Å²) in [6.07, 6.45) is 3.18. The van der Waals surface area contributed by atoms with Gasteiger partial charge in [0.2, 0.25) is 0 Å². The summed E-state index contributed by atoms with van der Waals surface area (Å²) in [4.78, 5) is 11.7. The van der Waals surface area contributed by atoms with Crippen LogP contribution in [0.3, 0.4) is 0 Å². The van der Waals surface area contributed by atoms with Crippen LogP contribution in [0.4, 0.5) is 0 Å². The smallest absolute Gasteiger partial charge is 0.251 e. The van der Waals surface area contributed by atoms with Gasteiger partial charge in [0.15, 0.2) is 9.84 Å². The molecule has 0 fully saturated rings. The summed E-state index contributed by atoms with van der Waals surface area (Å²) in [5.74, 6) is -0.112. The normalized spacial score (nSPS) is 11.2. The second-order valence-corrected chi connectivity index (χ2v) is 6.52. The molecule has 0 aliphatic heterocycles. The molecule has 4 nitrogen and oxygen atoms in total. The lowest BCUT2D eigenvalue weighted by Gasteiger charge is -2.05. The van der Waals surface area contributed by atoms with E-state index in [0.29, 0.717) is 17.7 Å². The fourth-order valence-electron chi connectivity index (χ4n) is 1.54. The SMILES string of the molecule is CCCCNC(=O)c1ccc(CS(C)(=O)=O)cc1. The number of amides is 1. The molecule has 0 aliphatic carbocycles. The Labute approximate surface area is 108 Å². The lowest BCUT2D eigenvalue weighted by Crippen LogP contribution is -2.24. The molecule has 0 heterocycles. The first-order valence-corrected chi connectivity index (χ1v) is 8.03. The van der Waals surface area contributed by atoms with Crippen molar-refractivity contribution < 1.29 is 13.2 Å². The predicted octanol–water partition coefficient (Wildman–Crippen LogP) is 1.76. The Morgan fingerprint density at radius 3 is 2.33 bits per heavy atom. The van der Waals surface area contributed by atoms with Gasteiger partial charge in [0.05, 0.1) is 5.75 Å². The molecule has 0 unspecified atom stereocenters. The van der Waals surface area contributed by atoms with E-state index in [1.54, 1.807) is 24.3 Å². The first-order chi connectivity index (χ1) is 8.42. The Morgan fingerprint density at radius 2 is 1.83 bits per heavy atom. The summed E-state index contributed by atoms with van der Waals surface area (Å²) in [5.41, 5.74) is 1.26. The summed E-state index contributed by atoms with van der Waals surface area (Å²) >= 11 is 0. The van der Waals surface area contributed by atoms with Gasteiger partial charge < -0.3 is 5.32 Å². The molecule has 0 saturated heterocycles. The Morgan fingerprint density at radius 1 is 1.22 bits per heavy atom. The van der Waals surface area contributed by atoms with Crippen molar-refractivity contribution in [3.05, 3.63) is 35.4 Å². The minimum atomic E-state index is -3.03. The number of carbonyl (C=O) groups excluding carboxylic acids is 1. The van der Waals surface area contributed by atoms with Crippen molar-refractivity contribution in [1.29, 1.82) is 0 Å². The summed E-state index contributed by atoms with van der Waals surface area (Å²) in [6.45, 7) is 2.73. The van der Waals surface area contributed by atoms with Crippen LogP contribution in [-0.4, -0.2) is 27.1 Å². The van der Waals surface area contributed by atoms with Crippen LogP contribution in [0.25, 0.3) is 0 Å². The van der Waals surface area contributed by atoms with Crippen LogP contribution in [0.1, 0.15) is 35.7 Å². The lowest BCUT2D eigenvalue weighted by atomic mass is 10.1. The molecule has 0 aromatic heterocycles. The Bertz CT molecular complexity index is 491. The predicted molar refractivity (Wildman–Crippen MR) is 72.2 cm³/mol. The third-order valence-electron chi connectivity index (χ3n) is 2.46. The highest BCUT2D eigenvalue weighted by Gasteiger charge is 2.07. The van der Waals surface area contributed by atoms with E-state index < -0.39 is 9.84 Å². The van der Waals surface area contributed by atoms with Gasteiger partial charge in [0.25, 0.3) is 5.91 Å². The highest BCUT2D eigenvalue weighted by Crippen LogP contribution is 2.07. The number of hydrogen-bond donors (Lipinski definition) is 1. The van der Waals surface area contributed by atoms with Gasteiger partial charge >= 0.3 is 0 Å². The number of sulfone groups is 1. The van der Waals surface area contributed by atoms with Gasteiger partial charge in [-0.2, -0.15) is 0 Å². The van der Waals surface area contributed by atoms with E-state index in [2.05, 4.69) is 12.2 Å². The molecule has 0 radical (unpaired) electrons. The number of carbonyl (C=O) groups is 1. The monoisotopic (exact) mass is 269 g/mol. The molecule has 1 rings (SSSR count). The second kappa shape index (κ2) is 6.54. The van der Waals surface area contributed by atoms with Gasteiger partial charge in [0, 0.05) is 18.4 Å². The number of unbranched alkanes of at least 4 members (excludes halogenated alkanes) is 1. The van der Waals surface area contributed by atoms with Crippen molar-refractivity contribution in [1.82, 2.24) is 5.32 Å². The first-order valence-electron chi connectivity index (χ1n) is 5.97. The largest absolute Gasteiger partial charge is 0.352 e. The second-order valence-electron chi connectivity index (χ2n) is 4.38. The minimum Gasteiger partial charge on any atom is -0.352 e. The topological polar surface area (TPSA) is 63.2 Å². The standard InChI is InChI=1S/C13H19NO3S/c1-3-4-9-14-13(15)12-7-5-11(6-8-12)10-18(2,16)17/h5-8H,3-4,9-10H2,1-2H3,(H,14,15). The van der Waals surface area contributed by atoms with Gasteiger partial charge in [-0.3, -0.25) is 4.79 Å². The maximum absolute atomic E-state index is 11.7. The van der Waals surface area contributed by atoms with E-state index in [4.69, 9.17) is 0 Å². The molecule has 0 spiro atoms. The van der Waals surface area contributed by atoms with Crippen molar-refractivity contribution in [2.45, 2.75) is 25.5 Å². The maximum atomic E-state index is 11.7. The number of rotatable bonds is 6. The fraction of sp³-hybridized carbons (Fsp3) is 0.462. The molecule has 18 heavy (non-hydrogen) atoms. The van der Waals surface area contributed by atoms with Gasteiger partial charge in [0.1, 0.15) is 0 Å². The van der Waals surface area contributed by atoms with Crippen molar-refractivity contribution in [2.24, 2.45) is 0 Å². The van der Waals surface area contributed by atoms with Crippen LogP contribution in [0.2, 0.25) is 0 Å². The average Bonchev–Trinajstić information content (AvgIpc) is 2.28. The number of hydrogen-bond acceptors (Lipinski definition) is 3. The average molecular weight is 269 g/mol. The zero-order valence-corrected chi connectivity index (χ0v) is 11.6. The Kier molecular flexibility index (Phi) is 5.34. The van der Waals surface area contributed by atoms with Crippen LogP contribution in [0.5, 0.6) is 0 Å². The van der Waals surface area contributed by atoms with E-state index in [-0.39, 0.29) is 11.7 Å². The van der Waals surface area contributed by atoms with E-state index in [1.807, 2.05) is 0 Å². The zero-order valence-electron chi connectivity index (χ0n) is 10.8. The molecular weight excluding hydrogens is 250 g/mol. The Hall–Kier alpha value is -1.36. The first kappa shape index (κ1) is 14.7. The molecule has 0 atom stereocenters. The third kappa shape index (κ3) is 5.31. The van der Waals surface area contributed by atoms with E-state index in [1.165, 1.54) is 6.26 Å². The van der Waals surface area contributed by atoms with Crippen LogP contribution >= 0.6 is 0 Å². The Balaban J connectivity index is 2.62. The minimum absolute atomic E-state index is 0.00470. The number of nitrogens with one attached hydrogen (secondary N) is 1. The summed E-state index contributed by atoms with van der Waals surface area (Å²) < 4.78 is 22.2. The molecule has 0 saturated carbocycles. The zero-order chi connectivity index (χ0) is 13.6. The van der Waals surface area contributed by atoms with E-state index in [9.17, 15) is 13.2 Å². The third-order valence-corrected chi connectivity index (χ3v) is 3.32. The summed E-state index contributed by atoms with van der Waals surface area (Å²) in [7, 11) is -3.03. The molecule has 0 aliphatic rings. The highest BCUT2D eigenvalue weighted by molar-refractivity contribution is 7.89.